The number of aromatic nitrogens is 1. The van der Waals surface area contributed by atoms with Gasteiger partial charge in [0.15, 0.2) is 6.61 Å². The molecule has 2 aromatic rings. The second-order valence-corrected chi connectivity index (χ2v) is 6.91. The van der Waals surface area contributed by atoms with Crippen LogP contribution in [-0.4, -0.2) is 29.6 Å². The number of anilines is 1. The van der Waals surface area contributed by atoms with Crippen molar-refractivity contribution in [2.75, 3.05) is 11.9 Å². The van der Waals surface area contributed by atoms with E-state index in [1.165, 1.54) is 12.1 Å². The Morgan fingerprint density at radius 2 is 1.87 bits per heavy atom. The molecular formula is C21H24F3N3O3. The molecule has 6 nitrogen and oxygen atoms in total. The van der Waals surface area contributed by atoms with Gasteiger partial charge in [0, 0.05) is 17.7 Å². The van der Waals surface area contributed by atoms with Crippen molar-refractivity contribution in [2.45, 2.75) is 46.3 Å². The smallest absolute Gasteiger partial charge is 0.422 e. The minimum absolute atomic E-state index is 0.107. The second-order valence-electron chi connectivity index (χ2n) is 6.91. The number of alkyl halides is 3. The van der Waals surface area contributed by atoms with Crippen LogP contribution in [0, 0.1) is 13.8 Å². The topological polar surface area (TPSA) is 80.3 Å². The normalized spacial score (nSPS) is 12.2. The summed E-state index contributed by atoms with van der Waals surface area (Å²) in [6.07, 6.45) is -4.16. The molecule has 0 saturated carbocycles. The molecule has 0 fully saturated rings. The predicted octanol–water partition coefficient (Wildman–Crippen LogP) is 4.48. The minimum atomic E-state index is -4.44. The summed E-state index contributed by atoms with van der Waals surface area (Å²) in [5, 5.41) is 5.41. The molecule has 0 aliphatic heterocycles. The van der Waals surface area contributed by atoms with Crippen molar-refractivity contribution in [2.24, 2.45) is 0 Å². The maximum Gasteiger partial charge on any atom is 0.422 e. The number of benzene rings is 1. The van der Waals surface area contributed by atoms with Gasteiger partial charge >= 0.3 is 6.18 Å². The standard InChI is InChI=1S/C21H24F3N3O3/c1-5-19(28)27-18-10-16(8-13(3)25-18)20(29)26-14(4)15-7-6-12(2)17(9-15)30-11-21(22,23)24/h6-10,14H,5,11H2,1-4H3,(H,26,29)(H,25,27,28). The fourth-order valence-corrected chi connectivity index (χ4v) is 2.66. The third kappa shape index (κ3) is 6.75. The van der Waals surface area contributed by atoms with Crippen molar-refractivity contribution in [1.82, 2.24) is 10.3 Å². The Hall–Kier alpha value is -3.10. The van der Waals surface area contributed by atoms with Gasteiger partial charge in [-0.25, -0.2) is 4.98 Å². The fraction of sp³-hybridized carbons (Fsp3) is 0.381. The van der Waals surface area contributed by atoms with E-state index in [1.807, 2.05) is 0 Å². The Morgan fingerprint density at radius 1 is 1.17 bits per heavy atom. The summed E-state index contributed by atoms with van der Waals surface area (Å²) >= 11 is 0. The average Bonchev–Trinajstić information content (AvgIpc) is 2.65. The second kappa shape index (κ2) is 9.60. The summed E-state index contributed by atoms with van der Waals surface area (Å²) in [6, 6.07) is 7.39. The van der Waals surface area contributed by atoms with E-state index in [4.69, 9.17) is 4.74 Å². The number of ether oxygens (including phenoxy) is 1. The number of halogens is 3. The highest BCUT2D eigenvalue weighted by Crippen LogP contribution is 2.26. The number of hydrogen-bond acceptors (Lipinski definition) is 4. The van der Waals surface area contributed by atoms with Crippen LogP contribution in [0.2, 0.25) is 0 Å². The van der Waals surface area contributed by atoms with Crippen LogP contribution in [0.4, 0.5) is 19.0 Å². The molecule has 0 radical (unpaired) electrons. The lowest BCUT2D eigenvalue weighted by atomic mass is 10.0. The first-order valence-electron chi connectivity index (χ1n) is 9.38. The third-order valence-corrected chi connectivity index (χ3v) is 4.26. The molecule has 9 heteroatoms. The van der Waals surface area contributed by atoms with Crippen molar-refractivity contribution in [3.05, 3.63) is 52.7 Å². The highest BCUT2D eigenvalue weighted by Gasteiger charge is 2.28. The largest absolute Gasteiger partial charge is 0.484 e. The summed E-state index contributed by atoms with van der Waals surface area (Å²) in [6.45, 7) is 5.37. The Morgan fingerprint density at radius 3 is 2.50 bits per heavy atom. The number of rotatable bonds is 7. The summed E-state index contributed by atoms with van der Waals surface area (Å²) in [5.41, 5.74) is 2.01. The van der Waals surface area contributed by atoms with Crippen LogP contribution < -0.4 is 15.4 Å². The van der Waals surface area contributed by atoms with Gasteiger partial charge in [0.2, 0.25) is 5.91 Å². The highest BCUT2D eigenvalue weighted by molar-refractivity contribution is 5.96. The van der Waals surface area contributed by atoms with Crippen LogP contribution in [0.5, 0.6) is 5.75 Å². The van der Waals surface area contributed by atoms with Crippen molar-refractivity contribution in [3.63, 3.8) is 0 Å². The molecule has 1 unspecified atom stereocenters. The zero-order chi connectivity index (χ0) is 22.5. The third-order valence-electron chi connectivity index (χ3n) is 4.26. The number of pyridine rings is 1. The lowest BCUT2D eigenvalue weighted by Crippen LogP contribution is -2.27. The number of carbonyl (C=O) groups is 2. The SMILES string of the molecule is CCC(=O)Nc1cc(C(=O)NC(C)c2ccc(C)c(OCC(F)(F)F)c2)cc(C)n1. The van der Waals surface area contributed by atoms with Crippen molar-refractivity contribution in [1.29, 1.82) is 0 Å². The zero-order valence-electron chi connectivity index (χ0n) is 17.2. The van der Waals surface area contributed by atoms with Crippen molar-refractivity contribution in [3.8, 4) is 5.75 Å². The number of nitrogens with one attached hydrogen (secondary N) is 2. The molecule has 30 heavy (non-hydrogen) atoms. The Bertz CT molecular complexity index is 929. The first kappa shape index (κ1) is 23.2. The minimum Gasteiger partial charge on any atom is -0.484 e. The number of amides is 2. The summed E-state index contributed by atoms with van der Waals surface area (Å²) in [7, 11) is 0. The van der Waals surface area contributed by atoms with E-state index in [-0.39, 0.29) is 23.9 Å². The molecule has 1 atom stereocenters. The first-order valence-corrected chi connectivity index (χ1v) is 9.38. The van der Waals surface area contributed by atoms with Crippen LogP contribution in [0.15, 0.2) is 30.3 Å². The average molecular weight is 423 g/mol. The van der Waals surface area contributed by atoms with Crippen LogP contribution in [0.3, 0.4) is 0 Å². The van der Waals surface area contributed by atoms with E-state index in [0.717, 1.165) is 0 Å². The molecule has 1 heterocycles. The van der Waals surface area contributed by atoms with Crippen LogP contribution >= 0.6 is 0 Å². The molecule has 0 aliphatic carbocycles. The summed E-state index contributed by atoms with van der Waals surface area (Å²) in [4.78, 5) is 28.4. The fourth-order valence-electron chi connectivity index (χ4n) is 2.66. The van der Waals surface area contributed by atoms with Gasteiger partial charge in [0.05, 0.1) is 6.04 Å². The van der Waals surface area contributed by atoms with E-state index in [1.54, 1.807) is 45.9 Å². The molecular weight excluding hydrogens is 399 g/mol. The number of nitrogens with zero attached hydrogens (tertiary/aromatic N) is 1. The van der Waals surface area contributed by atoms with Crippen molar-refractivity contribution >= 4 is 17.6 Å². The van der Waals surface area contributed by atoms with Gasteiger partial charge < -0.3 is 15.4 Å². The van der Waals surface area contributed by atoms with E-state index in [9.17, 15) is 22.8 Å². The van der Waals surface area contributed by atoms with Gasteiger partial charge in [0.25, 0.3) is 5.91 Å². The highest BCUT2D eigenvalue weighted by atomic mass is 19.4. The van der Waals surface area contributed by atoms with Gasteiger partial charge in [-0.05, 0) is 50.1 Å². The maximum atomic E-state index is 12.7. The lowest BCUT2D eigenvalue weighted by Gasteiger charge is -2.18. The molecule has 1 aromatic heterocycles. The van der Waals surface area contributed by atoms with E-state index < -0.39 is 24.7 Å². The number of aryl methyl sites for hydroxylation is 2. The molecule has 0 saturated heterocycles. The van der Waals surface area contributed by atoms with Gasteiger partial charge in [-0.15, -0.1) is 0 Å². The monoisotopic (exact) mass is 423 g/mol. The van der Waals surface area contributed by atoms with Gasteiger partial charge in [-0.2, -0.15) is 13.2 Å². The zero-order valence-corrected chi connectivity index (χ0v) is 17.2. The van der Waals surface area contributed by atoms with Crippen LogP contribution in [0.25, 0.3) is 0 Å². The first-order chi connectivity index (χ1) is 14.0. The molecule has 162 valence electrons. The van der Waals surface area contributed by atoms with Gasteiger partial charge in [-0.1, -0.05) is 19.1 Å². The molecule has 0 aliphatic rings. The van der Waals surface area contributed by atoms with E-state index in [0.29, 0.717) is 22.4 Å². The van der Waals surface area contributed by atoms with E-state index in [2.05, 4.69) is 15.6 Å². The van der Waals surface area contributed by atoms with Crippen LogP contribution in [-0.2, 0) is 4.79 Å². The quantitative estimate of drug-likeness (QED) is 0.688. The Kier molecular flexibility index (Phi) is 7.42. The molecule has 0 bridgehead atoms. The lowest BCUT2D eigenvalue weighted by molar-refractivity contribution is -0.153. The van der Waals surface area contributed by atoms with Gasteiger partial charge in [0.1, 0.15) is 11.6 Å². The molecule has 1 aromatic carbocycles. The van der Waals surface area contributed by atoms with Crippen molar-refractivity contribution < 1.29 is 27.5 Å². The van der Waals surface area contributed by atoms with Gasteiger partial charge in [-0.3, -0.25) is 9.59 Å². The molecule has 2 N–H and O–H groups in total. The van der Waals surface area contributed by atoms with Crippen LogP contribution in [0.1, 0.15) is 53.5 Å². The predicted molar refractivity (Wildman–Crippen MR) is 107 cm³/mol. The Labute approximate surface area is 172 Å². The maximum absolute atomic E-state index is 12.7. The summed E-state index contributed by atoms with van der Waals surface area (Å²) in [5.74, 6) is -0.245. The summed E-state index contributed by atoms with van der Waals surface area (Å²) < 4.78 is 42.2. The number of hydrogen-bond donors (Lipinski definition) is 2. The Balaban J connectivity index is 2.15. The molecule has 2 rings (SSSR count). The molecule has 0 spiro atoms. The van der Waals surface area contributed by atoms with E-state index >= 15 is 0 Å². The molecule has 2 amide bonds. The number of carbonyl (C=O) groups excluding carboxylic acids is 2.